The van der Waals surface area contributed by atoms with Gasteiger partial charge in [0.15, 0.2) is 0 Å². The average Bonchev–Trinajstić information content (AvgIpc) is 1.77. The quantitative estimate of drug-likeness (QED) is 0.398. The van der Waals surface area contributed by atoms with Gasteiger partial charge in [0.2, 0.25) is 5.95 Å². The summed E-state index contributed by atoms with van der Waals surface area (Å²) >= 11 is 0. The van der Waals surface area contributed by atoms with Crippen LogP contribution >= 0.6 is 0 Å². The van der Waals surface area contributed by atoms with E-state index in [0.29, 0.717) is 0 Å². The Balaban J connectivity index is 3.03. The highest BCUT2D eigenvalue weighted by Crippen LogP contribution is 1.75. The van der Waals surface area contributed by atoms with Gasteiger partial charge in [-0.3, -0.25) is 0 Å². The maximum absolute atomic E-state index is 5.14. The molecule has 38 valence electrons. The van der Waals surface area contributed by atoms with Crippen LogP contribution in [0.1, 0.15) is 0 Å². The molecule has 0 amide bonds. The van der Waals surface area contributed by atoms with Crippen LogP contribution in [0.3, 0.4) is 0 Å². The lowest BCUT2D eigenvalue weighted by Crippen LogP contribution is -2.12. The fourth-order valence-electron chi connectivity index (χ4n) is 0.293. The average molecular weight is 106 g/mol. The predicted molar refractivity (Wildman–Crippen MR) is 29.6 cm³/mol. The van der Waals surface area contributed by atoms with Gasteiger partial charge in [0, 0.05) is 11.8 Å². The molecule has 0 atom stereocenters. The molecule has 0 aromatic carbocycles. The predicted octanol–water partition coefficient (Wildman–Crippen LogP) is -1.75. The molecule has 5 heteroatoms. The van der Waals surface area contributed by atoms with Crippen LogP contribution in [0, 0.1) is 0 Å². The molecule has 0 unspecified atom stereocenters. The number of nitrogen functional groups attached to an aromatic ring is 1. The molecule has 2 N–H and O–H groups in total. The summed E-state index contributed by atoms with van der Waals surface area (Å²) in [6.07, 6.45) is 1.35. The Labute approximate surface area is 47.6 Å². The van der Waals surface area contributed by atoms with Crippen LogP contribution in [-0.4, -0.2) is 23.0 Å². The van der Waals surface area contributed by atoms with Gasteiger partial charge in [-0.05, 0) is 0 Å². The molecule has 0 saturated heterocycles. The minimum Gasteiger partial charge on any atom is -0.366 e. The van der Waals surface area contributed by atoms with E-state index in [-0.39, 0.29) is 11.5 Å². The zero-order chi connectivity index (χ0) is 5.98. The fourth-order valence-corrected chi connectivity index (χ4v) is 0.293. The molecule has 1 rings (SSSR count). The molecule has 1 aromatic heterocycles. The maximum atomic E-state index is 5.14. The lowest BCUT2D eigenvalue weighted by molar-refractivity contribution is 1.01. The number of rotatable bonds is 0. The van der Waals surface area contributed by atoms with Crippen LogP contribution in [0.2, 0.25) is 0 Å². The van der Waals surface area contributed by atoms with E-state index in [1.165, 1.54) is 6.20 Å². The Morgan fingerprint density at radius 2 is 2.25 bits per heavy atom. The largest absolute Gasteiger partial charge is 0.366 e. The van der Waals surface area contributed by atoms with Crippen LogP contribution < -0.4 is 11.3 Å². The number of anilines is 1. The standard InChI is InChI=1S/C3H3BN4/c4-2-1-6-3(5)8-7-2/h1H,(H2,5,6,8). The highest BCUT2D eigenvalue weighted by molar-refractivity contribution is 6.30. The third kappa shape index (κ3) is 0.929. The van der Waals surface area contributed by atoms with Crippen molar-refractivity contribution in [3.63, 3.8) is 0 Å². The van der Waals surface area contributed by atoms with Gasteiger partial charge in [0.05, 0.1) is 0 Å². The van der Waals surface area contributed by atoms with Crippen molar-refractivity contribution in [1.29, 1.82) is 0 Å². The molecule has 1 aromatic rings. The zero-order valence-electron chi connectivity index (χ0n) is 4.07. The second-order valence-electron chi connectivity index (χ2n) is 1.24. The molecule has 2 radical (unpaired) electrons. The summed E-state index contributed by atoms with van der Waals surface area (Å²) in [4.78, 5) is 3.56. The summed E-state index contributed by atoms with van der Waals surface area (Å²) in [7, 11) is 5.14. The van der Waals surface area contributed by atoms with Crippen molar-refractivity contribution in [2.45, 2.75) is 0 Å². The first-order valence-electron chi connectivity index (χ1n) is 2.00. The number of nitrogens with zero attached hydrogens (tertiary/aromatic N) is 3. The van der Waals surface area contributed by atoms with E-state index in [2.05, 4.69) is 15.2 Å². The summed E-state index contributed by atoms with van der Waals surface area (Å²) < 4.78 is 0. The first kappa shape index (κ1) is 5.02. The number of hydrogen-bond acceptors (Lipinski definition) is 4. The first-order valence-corrected chi connectivity index (χ1v) is 2.00. The van der Waals surface area contributed by atoms with Crippen LogP contribution in [0.25, 0.3) is 0 Å². The van der Waals surface area contributed by atoms with E-state index in [4.69, 9.17) is 13.6 Å². The van der Waals surface area contributed by atoms with Crippen molar-refractivity contribution in [1.82, 2.24) is 15.2 Å². The van der Waals surface area contributed by atoms with Crippen molar-refractivity contribution < 1.29 is 0 Å². The lowest BCUT2D eigenvalue weighted by atomic mass is 10.1. The van der Waals surface area contributed by atoms with Gasteiger partial charge in [-0.2, -0.15) is 5.10 Å². The van der Waals surface area contributed by atoms with E-state index in [0.717, 1.165) is 0 Å². The second-order valence-corrected chi connectivity index (χ2v) is 1.24. The van der Waals surface area contributed by atoms with E-state index >= 15 is 0 Å². The summed E-state index contributed by atoms with van der Waals surface area (Å²) in [6.45, 7) is 0. The van der Waals surface area contributed by atoms with Crippen LogP contribution in [0.4, 0.5) is 5.95 Å². The molecule has 4 nitrogen and oxygen atoms in total. The maximum Gasteiger partial charge on any atom is 0.240 e. The van der Waals surface area contributed by atoms with Gasteiger partial charge in [0.1, 0.15) is 7.85 Å². The Kier molecular flexibility index (Phi) is 1.11. The Hall–Kier alpha value is -1.13. The van der Waals surface area contributed by atoms with Gasteiger partial charge < -0.3 is 5.73 Å². The topological polar surface area (TPSA) is 64.7 Å². The lowest BCUT2D eigenvalue weighted by Gasteiger charge is -1.87. The number of aromatic nitrogens is 3. The minimum atomic E-state index is 0.138. The Bertz CT molecular complexity index is 150. The van der Waals surface area contributed by atoms with Crippen molar-refractivity contribution in [2.75, 3.05) is 5.73 Å². The highest BCUT2D eigenvalue weighted by atomic mass is 15.2. The third-order valence-electron chi connectivity index (χ3n) is 0.597. The van der Waals surface area contributed by atoms with Crippen molar-refractivity contribution in [2.24, 2.45) is 0 Å². The third-order valence-corrected chi connectivity index (χ3v) is 0.597. The normalized spacial score (nSPS) is 9.00. The minimum absolute atomic E-state index is 0.138. The van der Waals surface area contributed by atoms with E-state index in [1.54, 1.807) is 0 Å². The SMILES string of the molecule is [B]c1cnc(N)nn1. The van der Waals surface area contributed by atoms with E-state index in [9.17, 15) is 0 Å². The van der Waals surface area contributed by atoms with Gasteiger partial charge in [-0.15, -0.1) is 5.10 Å². The molecule has 1 heterocycles. The summed E-state index contributed by atoms with van der Waals surface area (Å²) in [5, 5.41) is 6.79. The smallest absolute Gasteiger partial charge is 0.240 e. The Morgan fingerprint density at radius 1 is 1.50 bits per heavy atom. The summed E-state index contributed by atoms with van der Waals surface area (Å²) in [5.74, 6) is 0.138. The number of nitrogens with two attached hydrogens (primary N) is 1. The highest BCUT2D eigenvalue weighted by Gasteiger charge is 1.84. The van der Waals surface area contributed by atoms with Gasteiger partial charge in [0.25, 0.3) is 0 Å². The van der Waals surface area contributed by atoms with Crippen LogP contribution in [0.5, 0.6) is 0 Å². The molecule has 0 saturated carbocycles. The summed E-state index contributed by atoms with van der Waals surface area (Å²) in [6, 6.07) is 0. The molecule has 0 spiro atoms. The van der Waals surface area contributed by atoms with Crippen LogP contribution in [0.15, 0.2) is 6.20 Å². The number of hydrogen-bond donors (Lipinski definition) is 1. The molecule has 0 aliphatic heterocycles. The molecular formula is C3H3BN4. The monoisotopic (exact) mass is 106 g/mol. The molecule has 0 aliphatic carbocycles. The molecule has 0 bridgehead atoms. The summed E-state index contributed by atoms with van der Waals surface area (Å²) in [5.41, 5.74) is 5.36. The fraction of sp³-hybridized carbons (Fsp3) is 0. The first-order chi connectivity index (χ1) is 3.79. The molecule has 0 aliphatic rings. The molecular weight excluding hydrogens is 103 g/mol. The van der Waals surface area contributed by atoms with Crippen molar-refractivity contribution >= 4 is 19.4 Å². The molecule has 0 fully saturated rings. The van der Waals surface area contributed by atoms with E-state index in [1.807, 2.05) is 0 Å². The van der Waals surface area contributed by atoms with Crippen LogP contribution in [-0.2, 0) is 0 Å². The second kappa shape index (κ2) is 1.77. The van der Waals surface area contributed by atoms with Crippen molar-refractivity contribution in [3.8, 4) is 0 Å². The van der Waals surface area contributed by atoms with Gasteiger partial charge in [-0.25, -0.2) is 4.98 Å². The molecule has 8 heavy (non-hydrogen) atoms. The van der Waals surface area contributed by atoms with Gasteiger partial charge in [-0.1, -0.05) is 0 Å². The zero-order valence-corrected chi connectivity index (χ0v) is 4.07. The van der Waals surface area contributed by atoms with E-state index < -0.39 is 0 Å². The Morgan fingerprint density at radius 3 is 2.62 bits per heavy atom. The van der Waals surface area contributed by atoms with Crippen molar-refractivity contribution in [3.05, 3.63) is 6.20 Å². The van der Waals surface area contributed by atoms with Gasteiger partial charge >= 0.3 is 0 Å².